The van der Waals surface area contributed by atoms with Crippen LogP contribution in [0.1, 0.15) is 37.8 Å². The summed E-state index contributed by atoms with van der Waals surface area (Å²) in [6.07, 6.45) is 3.08. The van der Waals surface area contributed by atoms with Crippen molar-refractivity contribution < 1.29 is 18.0 Å². The summed E-state index contributed by atoms with van der Waals surface area (Å²) in [5, 5.41) is 2.97. The number of anilines is 1. The molecule has 0 atom stereocenters. The molecule has 1 aromatic carbocycles. The van der Waals surface area contributed by atoms with Gasteiger partial charge >= 0.3 is 0 Å². The second-order valence-corrected chi connectivity index (χ2v) is 10.1. The molecule has 1 fully saturated rings. The molecule has 0 aromatic heterocycles. The summed E-state index contributed by atoms with van der Waals surface area (Å²) < 4.78 is 24.6. The van der Waals surface area contributed by atoms with Crippen LogP contribution in [0, 0.1) is 11.8 Å². The fourth-order valence-electron chi connectivity index (χ4n) is 3.88. The van der Waals surface area contributed by atoms with Gasteiger partial charge in [-0.15, -0.1) is 0 Å². The van der Waals surface area contributed by atoms with E-state index >= 15 is 0 Å². The van der Waals surface area contributed by atoms with E-state index in [0.717, 1.165) is 24.2 Å². The SMILES string of the molecule is CC(C)C(=O)N1CCc2ccc(NC(=O)C3CCN(S(C)(=O)=O)CC3)cc2C1. The highest BCUT2D eigenvalue weighted by molar-refractivity contribution is 7.88. The molecule has 2 aliphatic heterocycles. The number of carbonyl (C=O) groups is 2. The molecule has 0 aliphatic carbocycles. The van der Waals surface area contributed by atoms with Gasteiger partial charge in [-0.2, -0.15) is 0 Å². The highest BCUT2D eigenvalue weighted by Gasteiger charge is 2.29. The lowest BCUT2D eigenvalue weighted by atomic mass is 9.96. The van der Waals surface area contributed by atoms with Crippen LogP contribution in [-0.4, -0.2) is 55.3 Å². The van der Waals surface area contributed by atoms with Gasteiger partial charge in [-0.1, -0.05) is 19.9 Å². The Hall–Kier alpha value is -1.93. The molecule has 0 bridgehead atoms. The summed E-state index contributed by atoms with van der Waals surface area (Å²) in [7, 11) is -3.19. The number of sulfonamides is 1. The van der Waals surface area contributed by atoms with Gasteiger partial charge in [0.15, 0.2) is 0 Å². The van der Waals surface area contributed by atoms with E-state index in [4.69, 9.17) is 0 Å². The monoisotopic (exact) mass is 407 g/mol. The number of amides is 2. The Morgan fingerprint density at radius 1 is 1.11 bits per heavy atom. The minimum absolute atomic E-state index is 0.0257. The van der Waals surface area contributed by atoms with Gasteiger partial charge in [-0.05, 0) is 42.5 Å². The maximum atomic E-state index is 12.6. The Labute approximate surface area is 167 Å². The number of carbonyl (C=O) groups excluding carboxylic acids is 2. The zero-order chi connectivity index (χ0) is 20.5. The number of nitrogens with one attached hydrogen (secondary N) is 1. The minimum atomic E-state index is -3.19. The van der Waals surface area contributed by atoms with Crippen LogP contribution in [0.15, 0.2) is 18.2 Å². The van der Waals surface area contributed by atoms with E-state index in [2.05, 4.69) is 5.32 Å². The Balaban J connectivity index is 1.62. The predicted octanol–water partition coefficient (Wildman–Crippen LogP) is 1.84. The number of hydrogen-bond acceptors (Lipinski definition) is 4. The zero-order valence-electron chi connectivity index (χ0n) is 16.8. The summed E-state index contributed by atoms with van der Waals surface area (Å²) in [5.74, 6) is -0.132. The summed E-state index contributed by atoms with van der Waals surface area (Å²) >= 11 is 0. The first-order valence-corrected chi connectivity index (χ1v) is 11.7. The van der Waals surface area contributed by atoms with E-state index in [0.29, 0.717) is 32.5 Å². The molecular weight excluding hydrogens is 378 g/mol. The zero-order valence-corrected chi connectivity index (χ0v) is 17.6. The van der Waals surface area contributed by atoms with Crippen LogP contribution in [0.4, 0.5) is 5.69 Å². The fourth-order valence-corrected chi connectivity index (χ4v) is 4.76. The van der Waals surface area contributed by atoms with Crippen LogP contribution in [0.2, 0.25) is 0 Å². The van der Waals surface area contributed by atoms with Crippen molar-refractivity contribution in [3.63, 3.8) is 0 Å². The Morgan fingerprint density at radius 2 is 1.79 bits per heavy atom. The molecule has 1 N–H and O–H groups in total. The van der Waals surface area contributed by atoms with Crippen molar-refractivity contribution >= 4 is 27.5 Å². The summed E-state index contributed by atoms with van der Waals surface area (Å²) in [6.45, 7) is 5.88. The molecule has 0 unspecified atom stereocenters. The maximum Gasteiger partial charge on any atom is 0.227 e. The van der Waals surface area contributed by atoms with E-state index in [-0.39, 0.29) is 23.7 Å². The third kappa shape index (κ3) is 4.72. The van der Waals surface area contributed by atoms with Crippen LogP contribution in [-0.2, 0) is 32.6 Å². The Bertz CT molecular complexity index is 858. The van der Waals surface area contributed by atoms with Gasteiger partial charge in [-0.25, -0.2) is 12.7 Å². The van der Waals surface area contributed by atoms with E-state index < -0.39 is 10.0 Å². The lowest BCUT2D eigenvalue weighted by Crippen LogP contribution is -2.41. The van der Waals surface area contributed by atoms with Gasteiger partial charge in [0.05, 0.1) is 6.26 Å². The predicted molar refractivity (Wildman–Crippen MR) is 108 cm³/mol. The van der Waals surface area contributed by atoms with E-state index in [1.807, 2.05) is 36.9 Å². The molecule has 28 heavy (non-hydrogen) atoms. The minimum Gasteiger partial charge on any atom is -0.338 e. The first-order chi connectivity index (χ1) is 13.1. The van der Waals surface area contributed by atoms with E-state index in [9.17, 15) is 18.0 Å². The molecule has 7 nitrogen and oxygen atoms in total. The molecule has 154 valence electrons. The van der Waals surface area contributed by atoms with Crippen molar-refractivity contribution in [3.8, 4) is 0 Å². The van der Waals surface area contributed by atoms with Gasteiger partial charge in [-0.3, -0.25) is 9.59 Å². The number of hydrogen-bond donors (Lipinski definition) is 1. The number of rotatable bonds is 4. The number of benzene rings is 1. The summed E-state index contributed by atoms with van der Waals surface area (Å²) in [4.78, 5) is 26.8. The number of nitrogens with zero attached hydrogens (tertiary/aromatic N) is 2. The first-order valence-electron chi connectivity index (χ1n) is 9.81. The summed E-state index contributed by atoms with van der Waals surface area (Å²) in [6, 6.07) is 5.88. The molecule has 8 heteroatoms. The summed E-state index contributed by atoms with van der Waals surface area (Å²) in [5.41, 5.74) is 3.02. The van der Waals surface area contributed by atoms with Crippen molar-refractivity contribution in [2.75, 3.05) is 31.2 Å². The van der Waals surface area contributed by atoms with Crippen LogP contribution < -0.4 is 5.32 Å². The average molecular weight is 408 g/mol. The average Bonchev–Trinajstić information content (AvgIpc) is 2.66. The molecule has 0 radical (unpaired) electrons. The smallest absolute Gasteiger partial charge is 0.227 e. The third-order valence-corrected chi connectivity index (χ3v) is 6.89. The second kappa shape index (κ2) is 8.21. The molecule has 3 rings (SSSR count). The second-order valence-electron chi connectivity index (χ2n) is 8.07. The Kier molecular flexibility index (Phi) is 6.09. The number of fused-ring (bicyclic) bond motifs is 1. The quantitative estimate of drug-likeness (QED) is 0.825. The molecule has 1 saturated heterocycles. The highest BCUT2D eigenvalue weighted by atomic mass is 32.2. The molecule has 0 spiro atoms. The van der Waals surface area contributed by atoms with Crippen molar-refractivity contribution in [2.24, 2.45) is 11.8 Å². The van der Waals surface area contributed by atoms with E-state index in [1.165, 1.54) is 16.1 Å². The van der Waals surface area contributed by atoms with Crippen LogP contribution in [0.25, 0.3) is 0 Å². The van der Waals surface area contributed by atoms with Gasteiger partial charge in [0.2, 0.25) is 21.8 Å². The van der Waals surface area contributed by atoms with Gasteiger partial charge < -0.3 is 10.2 Å². The number of piperidine rings is 1. The molecule has 2 heterocycles. The van der Waals surface area contributed by atoms with Crippen molar-refractivity contribution in [1.82, 2.24) is 9.21 Å². The topological polar surface area (TPSA) is 86.8 Å². The molecule has 1 aromatic rings. The lowest BCUT2D eigenvalue weighted by molar-refractivity contribution is -0.135. The van der Waals surface area contributed by atoms with Crippen LogP contribution >= 0.6 is 0 Å². The normalized spacial score (nSPS) is 18.8. The molecular formula is C20H29N3O4S. The molecule has 0 saturated carbocycles. The lowest BCUT2D eigenvalue weighted by Gasteiger charge is -2.31. The van der Waals surface area contributed by atoms with E-state index in [1.54, 1.807) is 0 Å². The molecule has 2 amide bonds. The largest absolute Gasteiger partial charge is 0.338 e. The van der Waals surface area contributed by atoms with Crippen LogP contribution in [0.3, 0.4) is 0 Å². The highest BCUT2D eigenvalue weighted by Crippen LogP contribution is 2.25. The van der Waals surface area contributed by atoms with Crippen molar-refractivity contribution in [3.05, 3.63) is 29.3 Å². The molecule has 2 aliphatic rings. The van der Waals surface area contributed by atoms with Crippen molar-refractivity contribution in [1.29, 1.82) is 0 Å². The van der Waals surface area contributed by atoms with Gasteiger partial charge in [0.25, 0.3) is 0 Å². The Morgan fingerprint density at radius 3 is 2.39 bits per heavy atom. The third-order valence-electron chi connectivity index (χ3n) is 5.59. The first kappa shape index (κ1) is 20.8. The van der Waals surface area contributed by atoms with Gasteiger partial charge in [0.1, 0.15) is 0 Å². The fraction of sp³-hybridized carbons (Fsp3) is 0.600. The standard InChI is InChI=1S/C20H29N3O4S/c1-14(2)20(25)22-9-6-15-4-5-18(12-17(15)13-22)21-19(24)16-7-10-23(11-8-16)28(3,26)27/h4-5,12,14,16H,6-11,13H2,1-3H3,(H,21,24). The van der Waals surface area contributed by atoms with Crippen LogP contribution in [0.5, 0.6) is 0 Å². The maximum absolute atomic E-state index is 12.6. The van der Waals surface area contributed by atoms with Crippen molar-refractivity contribution in [2.45, 2.75) is 39.7 Å². The van der Waals surface area contributed by atoms with Gasteiger partial charge in [0, 0.05) is 43.7 Å².